The Balaban J connectivity index is 3.14. The minimum atomic E-state index is 0.114. The number of phenols is 1. The molecule has 0 fully saturated rings. The van der Waals surface area contributed by atoms with Crippen molar-refractivity contribution >= 4 is 12.0 Å². The van der Waals surface area contributed by atoms with Crippen molar-refractivity contribution in [1.82, 2.24) is 0 Å². The quantitative estimate of drug-likeness (QED) is 0.671. The van der Waals surface area contributed by atoms with Gasteiger partial charge in [-0.1, -0.05) is 0 Å². The molecule has 0 radical (unpaired) electrons. The van der Waals surface area contributed by atoms with Gasteiger partial charge in [0.25, 0.3) is 0 Å². The van der Waals surface area contributed by atoms with E-state index in [9.17, 15) is 9.90 Å². The lowest BCUT2D eigenvalue weighted by molar-refractivity contribution is 0.112. The van der Waals surface area contributed by atoms with Crippen molar-refractivity contribution in [3.05, 3.63) is 23.8 Å². The van der Waals surface area contributed by atoms with Gasteiger partial charge in [-0.15, -0.1) is 0 Å². The van der Waals surface area contributed by atoms with Gasteiger partial charge in [0.05, 0.1) is 0 Å². The van der Waals surface area contributed by atoms with E-state index in [1.54, 1.807) is 12.1 Å². The number of carbonyl (C=O) groups excluding carboxylic acids is 1. The van der Waals surface area contributed by atoms with Crippen molar-refractivity contribution in [3.8, 4) is 5.75 Å². The molecule has 1 rings (SSSR count). The lowest BCUT2D eigenvalue weighted by atomic mass is 10.2. The van der Waals surface area contributed by atoms with Crippen molar-refractivity contribution in [3.63, 3.8) is 0 Å². The van der Waals surface area contributed by atoms with Crippen LogP contribution in [0.15, 0.2) is 18.2 Å². The first-order valence-electron chi connectivity index (χ1n) is 3.60. The first-order valence-corrected chi connectivity index (χ1v) is 3.60. The average molecular weight is 165 g/mol. The normalized spacial score (nSPS) is 9.50. The van der Waals surface area contributed by atoms with E-state index in [0.717, 1.165) is 5.69 Å². The van der Waals surface area contributed by atoms with E-state index in [-0.39, 0.29) is 5.75 Å². The van der Waals surface area contributed by atoms with Gasteiger partial charge in [0, 0.05) is 31.4 Å². The van der Waals surface area contributed by atoms with Crippen LogP contribution in [-0.2, 0) is 0 Å². The molecule has 3 heteroatoms. The summed E-state index contributed by atoms with van der Waals surface area (Å²) in [5, 5.41) is 9.19. The number of phenolic OH excluding ortho intramolecular Hbond substituents is 1. The molecule has 1 aromatic rings. The maximum Gasteiger partial charge on any atom is 0.150 e. The van der Waals surface area contributed by atoms with Crippen LogP contribution in [0.25, 0.3) is 0 Å². The van der Waals surface area contributed by atoms with Crippen LogP contribution in [0.3, 0.4) is 0 Å². The molecule has 0 bridgehead atoms. The van der Waals surface area contributed by atoms with Gasteiger partial charge in [-0.2, -0.15) is 0 Å². The first-order chi connectivity index (χ1) is 5.63. The zero-order valence-corrected chi connectivity index (χ0v) is 7.11. The van der Waals surface area contributed by atoms with Crippen LogP contribution in [-0.4, -0.2) is 25.5 Å². The first kappa shape index (κ1) is 8.59. The molecule has 0 aromatic heterocycles. The maximum absolute atomic E-state index is 10.4. The summed E-state index contributed by atoms with van der Waals surface area (Å²) in [6.07, 6.45) is 0.715. The van der Waals surface area contributed by atoms with Gasteiger partial charge in [-0.25, -0.2) is 0 Å². The molecule has 0 spiro atoms. The molecule has 64 valence electrons. The van der Waals surface area contributed by atoms with Crippen molar-refractivity contribution in [2.75, 3.05) is 19.0 Å². The lowest BCUT2D eigenvalue weighted by Crippen LogP contribution is -2.08. The summed E-state index contributed by atoms with van der Waals surface area (Å²) in [4.78, 5) is 12.2. The highest BCUT2D eigenvalue weighted by molar-refractivity contribution is 5.78. The van der Waals surface area contributed by atoms with Crippen LogP contribution in [0.5, 0.6) is 5.75 Å². The standard InChI is InChI=1S/C9H11NO2/c1-10(2)8-3-7(6-11)4-9(12)5-8/h3-6,12H,1-2H3. The van der Waals surface area contributed by atoms with Crippen LogP contribution in [0.1, 0.15) is 10.4 Å². The SMILES string of the molecule is CN(C)c1cc(O)cc(C=O)c1. The summed E-state index contributed by atoms with van der Waals surface area (Å²) >= 11 is 0. The van der Waals surface area contributed by atoms with E-state index in [4.69, 9.17) is 0 Å². The van der Waals surface area contributed by atoms with Gasteiger partial charge in [0.2, 0.25) is 0 Å². The van der Waals surface area contributed by atoms with Gasteiger partial charge in [-0.05, 0) is 12.1 Å². The van der Waals surface area contributed by atoms with Crippen LogP contribution >= 0.6 is 0 Å². The van der Waals surface area contributed by atoms with E-state index in [1.807, 2.05) is 19.0 Å². The molecule has 3 nitrogen and oxygen atoms in total. The minimum Gasteiger partial charge on any atom is -0.508 e. The summed E-state index contributed by atoms with van der Waals surface area (Å²) in [6, 6.07) is 4.75. The van der Waals surface area contributed by atoms with Crippen LogP contribution in [0, 0.1) is 0 Å². The monoisotopic (exact) mass is 165 g/mol. The molecule has 0 amide bonds. The summed E-state index contributed by atoms with van der Waals surface area (Å²) in [5.74, 6) is 0.114. The molecular formula is C9H11NO2. The predicted octanol–water partition coefficient (Wildman–Crippen LogP) is 1.27. The highest BCUT2D eigenvalue weighted by Crippen LogP contribution is 2.20. The third kappa shape index (κ3) is 1.75. The average Bonchev–Trinajstić information content (AvgIpc) is 2.03. The molecule has 0 unspecified atom stereocenters. The van der Waals surface area contributed by atoms with Crippen molar-refractivity contribution in [2.24, 2.45) is 0 Å². The fourth-order valence-electron chi connectivity index (χ4n) is 0.944. The summed E-state index contributed by atoms with van der Waals surface area (Å²) in [5.41, 5.74) is 1.30. The lowest BCUT2D eigenvalue weighted by Gasteiger charge is -2.12. The van der Waals surface area contributed by atoms with Gasteiger partial charge in [0.15, 0.2) is 0 Å². The number of rotatable bonds is 2. The fourth-order valence-corrected chi connectivity index (χ4v) is 0.944. The number of benzene rings is 1. The molecule has 0 saturated heterocycles. The van der Waals surface area contributed by atoms with E-state index >= 15 is 0 Å². The van der Waals surface area contributed by atoms with E-state index in [2.05, 4.69) is 0 Å². The summed E-state index contributed by atoms with van der Waals surface area (Å²) in [7, 11) is 3.70. The molecule has 0 heterocycles. The van der Waals surface area contributed by atoms with E-state index in [1.165, 1.54) is 6.07 Å². The maximum atomic E-state index is 10.4. The number of aldehydes is 1. The zero-order valence-electron chi connectivity index (χ0n) is 7.11. The molecule has 0 aliphatic rings. The Kier molecular flexibility index (Phi) is 2.33. The fraction of sp³-hybridized carbons (Fsp3) is 0.222. The number of nitrogens with zero attached hydrogens (tertiary/aromatic N) is 1. The molecule has 1 aromatic carbocycles. The number of hydrogen-bond donors (Lipinski definition) is 1. The predicted molar refractivity (Wildman–Crippen MR) is 47.8 cm³/mol. The highest BCUT2D eigenvalue weighted by atomic mass is 16.3. The Morgan fingerprint density at radius 3 is 2.50 bits per heavy atom. The summed E-state index contributed by atoms with van der Waals surface area (Å²) < 4.78 is 0. The Bertz CT molecular complexity index is 295. The third-order valence-electron chi connectivity index (χ3n) is 1.58. The summed E-state index contributed by atoms with van der Waals surface area (Å²) in [6.45, 7) is 0. The third-order valence-corrected chi connectivity index (χ3v) is 1.58. The molecule has 1 N–H and O–H groups in total. The van der Waals surface area contributed by atoms with Crippen molar-refractivity contribution < 1.29 is 9.90 Å². The molecule has 0 saturated carbocycles. The Morgan fingerprint density at radius 1 is 1.33 bits per heavy atom. The second-order valence-electron chi connectivity index (χ2n) is 2.80. The van der Waals surface area contributed by atoms with Crippen LogP contribution in [0.2, 0.25) is 0 Å². The zero-order chi connectivity index (χ0) is 9.14. The van der Waals surface area contributed by atoms with Crippen LogP contribution < -0.4 is 4.90 Å². The number of carbonyl (C=O) groups is 1. The second-order valence-corrected chi connectivity index (χ2v) is 2.80. The van der Waals surface area contributed by atoms with Gasteiger partial charge in [-0.3, -0.25) is 4.79 Å². The van der Waals surface area contributed by atoms with E-state index < -0.39 is 0 Å². The molecule has 0 aliphatic heterocycles. The largest absolute Gasteiger partial charge is 0.508 e. The number of anilines is 1. The minimum absolute atomic E-state index is 0.114. The van der Waals surface area contributed by atoms with Gasteiger partial charge >= 0.3 is 0 Å². The van der Waals surface area contributed by atoms with E-state index in [0.29, 0.717) is 11.8 Å². The Morgan fingerprint density at radius 2 is 2.00 bits per heavy atom. The van der Waals surface area contributed by atoms with Gasteiger partial charge < -0.3 is 10.0 Å². The number of aromatic hydroxyl groups is 1. The second kappa shape index (κ2) is 3.26. The highest BCUT2D eigenvalue weighted by Gasteiger charge is 2.00. The topological polar surface area (TPSA) is 40.5 Å². The van der Waals surface area contributed by atoms with Crippen molar-refractivity contribution in [1.29, 1.82) is 0 Å². The Hall–Kier alpha value is -1.51. The molecule has 12 heavy (non-hydrogen) atoms. The smallest absolute Gasteiger partial charge is 0.150 e. The van der Waals surface area contributed by atoms with Crippen LogP contribution in [0.4, 0.5) is 5.69 Å². The van der Waals surface area contributed by atoms with Gasteiger partial charge in [0.1, 0.15) is 12.0 Å². The molecule has 0 aliphatic carbocycles. The number of hydrogen-bond acceptors (Lipinski definition) is 3. The molecular weight excluding hydrogens is 154 g/mol. The molecule has 0 atom stereocenters. The Labute approximate surface area is 71.2 Å². The van der Waals surface area contributed by atoms with Crippen molar-refractivity contribution in [2.45, 2.75) is 0 Å².